The van der Waals surface area contributed by atoms with Gasteiger partial charge in [-0.25, -0.2) is 4.79 Å². The van der Waals surface area contributed by atoms with Gasteiger partial charge in [0.15, 0.2) is 11.5 Å². The molecule has 2 rings (SSSR count). The minimum Gasteiger partial charge on any atom is -0.485 e. The van der Waals surface area contributed by atoms with Crippen LogP contribution in [-0.4, -0.2) is 23.8 Å². The normalized spacial score (nSPS) is 19.1. The molecule has 0 unspecified atom stereocenters. The first-order valence-corrected chi connectivity index (χ1v) is 4.30. The maximum Gasteiger partial charge on any atom is 0.348 e. The van der Waals surface area contributed by atoms with Crippen LogP contribution in [-0.2, 0) is 4.79 Å². The summed E-state index contributed by atoms with van der Waals surface area (Å²) in [6.45, 7) is 2.00. The first kappa shape index (κ1) is 8.87. The van der Waals surface area contributed by atoms with Crippen molar-refractivity contribution in [1.29, 1.82) is 0 Å². The van der Waals surface area contributed by atoms with Crippen molar-refractivity contribution in [1.82, 2.24) is 0 Å². The van der Waals surface area contributed by atoms with Crippen molar-refractivity contribution in [2.45, 2.75) is 13.0 Å². The molecule has 1 N–H and O–H groups in total. The van der Waals surface area contributed by atoms with Gasteiger partial charge in [0.05, 0.1) is 0 Å². The molecule has 0 saturated carbocycles. The van der Waals surface area contributed by atoms with Crippen LogP contribution < -0.4 is 9.47 Å². The molecule has 0 aliphatic carbocycles. The molecule has 0 radical (unpaired) electrons. The highest BCUT2D eigenvalue weighted by Gasteiger charge is 2.26. The number of hydrogen-bond donors (Lipinski definition) is 1. The Morgan fingerprint density at radius 3 is 3.00 bits per heavy atom. The van der Waals surface area contributed by atoms with Gasteiger partial charge >= 0.3 is 5.97 Å². The van der Waals surface area contributed by atoms with E-state index in [-0.39, 0.29) is 6.61 Å². The molecule has 0 saturated heterocycles. The van der Waals surface area contributed by atoms with Gasteiger partial charge < -0.3 is 14.6 Å². The average Bonchev–Trinajstić information content (AvgIpc) is 2.16. The maximum atomic E-state index is 10.6. The van der Waals surface area contributed by atoms with E-state index in [1.165, 1.54) is 0 Å². The summed E-state index contributed by atoms with van der Waals surface area (Å²) in [6, 6.07) is 5.40. The number of benzene rings is 1. The average molecular weight is 194 g/mol. The quantitative estimate of drug-likeness (QED) is 0.730. The predicted molar refractivity (Wildman–Crippen MR) is 48.7 cm³/mol. The van der Waals surface area contributed by atoms with Gasteiger partial charge in [-0.1, -0.05) is 6.07 Å². The van der Waals surface area contributed by atoms with Crippen LogP contribution in [0.5, 0.6) is 11.5 Å². The van der Waals surface area contributed by atoms with Gasteiger partial charge in [0.25, 0.3) is 0 Å². The van der Waals surface area contributed by atoms with E-state index in [0.29, 0.717) is 11.5 Å². The molecule has 1 heterocycles. The van der Waals surface area contributed by atoms with Crippen LogP contribution in [0.25, 0.3) is 0 Å². The Balaban J connectivity index is 2.27. The summed E-state index contributed by atoms with van der Waals surface area (Å²) in [4.78, 5) is 10.6. The molecular weight excluding hydrogens is 184 g/mol. The Bertz CT molecular complexity index is 372. The van der Waals surface area contributed by atoms with Gasteiger partial charge in [0.2, 0.25) is 6.10 Å². The van der Waals surface area contributed by atoms with E-state index in [9.17, 15) is 4.79 Å². The lowest BCUT2D eigenvalue weighted by Gasteiger charge is -2.23. The fourth-order valence-corrected chi connectivity index (χ4v) is 1.30. The van der Waals surface area contributed by atoms with Gasteiger partial charge in [0.1, 0.15) is 6.61 Å². The Morgan fingerprint density at radius 1 is 1.50 bits per heavy atom. The molecule has 0 amide bonds. The fraction of sp³-hybridized carbons (Fsp3) is 0.300. The van der Waals surface area contributed by atoms with Crippen molar-refractivity contribution in [3.8, 4) is 11.5 Å². The maximum absolute atomic E-state index is 10.6. The molecule has 1 aliphatic rings. The van der Waals surface area contributed by atoms with Gasteiger partial charge in [-0.2, -0.15) is 0 Å². The summed E-state index contributed by atoms with van der Waals surface area (Å²) in [5.41, 5.74) is 1.06. The molecular formula is C10H10O4. The summed E-state index contributed by atoms with van der Waals surface area (Å²) < 4.78 is 10.5. The summed E-state index contributed by atoms with van der Waals surface area (Å²) in [5, 5.41) is 8.71. The second-order valence-electron chi connectivity index (χ2n) is 3.21. The van der Waals surface area contributed by atoms with E-state index in [2.05, 4.69) is 0 Å². The Hall–Kier alpha value is -1.71. The van der Waals surface area contributed by atoms with Crippen molar-refractivity contribution in [3.63, 3.8) is 0 Å². The third kappa shape index (κ3) is 1.51. The molecule has 14 heavy (non-hydrogen) atoms. The summed E-state index contributed by atoms with van der Waals surface area (Å²) in [6.07, 6.45) is -0.898. The minimum absolute atomic E-state index is 0.0613. The van der Waals surface area contributed by atoms with Crippen LogP contribution in [0.1, 0.15) is 5.56 Å². The van der Waals surface area contributed by atoms with Crippen molar-refractivity contribution in [3.05, 3.63) is 23.8 Å². The zero-order valence-electron chi connectivity index (χ0n) is 7.69. The van der Waals surface area contributed by atoms with E-state index in [1.54, 1.807) is 6.07 Å². The van der Waals surface area contributed by atoms with E-state index in [0.717, 1.165) is 5.56 Å². The van der Waals surface area contributed by atoms with Crippen LogP contribution in [0.4, 0.5) is 0 Å². The third-order valence-corrected chi connectivity index (χ3v) is 2.03. The smallest absolute Gasteiger partial charge is 0.348 e. The first-order valence-electron chi connectivity index (χ1n) is 4.30. The first-order chi connectivity index (χ1) is 6.66. The summed E-state index contributed by atoms with van der Waals surface area (Å²) >= 11 is 0. The van der Waals surface area contributed by atoms with E-state index in [4.69, 9.17) is 14.6 Å². The lowest BCUT2D eigenvalue weighted by molar-refractivity contribution is -0.147. The van der Waals surface area contributed by atoms with Crippen molar-refractivity contribution < 1.29 is 19.4 Å². The number of ether oxygens (including phenoxy) is 2. The van der Waals surface area contributed by atoms with Crippen molar-refractivity contribution in [2.75, 3.05) is 6.61 Å². The Kier molecular flexibility index (Phi) is 2.04. The SMILES string of the molecule is Cc1ccc2c(c1)OC[C@H](C(=O)O)O2. The Labute approximate surface area is 81.1 Å². The second-order valence-corrected chi connectivity index (χ2v) is 3.21. The molecule has 1 atom stereocenters. The van der Waals surface area contributed by atoms with Crippen LogP contribution in [0.3, 0.4) is 0 Å². The van der Waals surface area contributed by atoms with Gasteiger partial charge in [0, 0.05) is 0 Å². The monoisotopic (exact) mass is 194 g/mol. The molecule has 1 aromatic rings. The lowest BCUT2D eigenvalue weighted by atomic mass is 10.2. The molecule has 0 spiro atoms. The number of carboxylic acid groups (broad SMARTS) is 1. The third-order valence-electron chi connectivity index (χ3n) is 2.03. The molecule has 1 aromatic carbocycles. The number of rotatable bonds is 1. The molecule has 0 aromatic heterocycles. The van der Waals surface area contributed by atoms with Crippen LogP contribution >= 0.6 is 0 Å². The topological polar surface area (TPSA) is 55.8 Å². The van der Waals surface area contributed by atoms with Crippen LogP contribution in [0, 0.1) is 6.92 Å². The number of aryl methyl sites for hydroxylation is 1. The zero-order valence-corrected chi connectivity index (χ0v) is 7.69. The molecule has 0 fully saturated rings. The van der Waals surface area contributed by atoms with Gasteiger partial charge in [-0.15, -0.1) is 0 Å². The number of fused-ring (bicyclic) bond motifs is 1. The zero-order chi connectivity index (χ0) is 10.1. The second kappa shape index (κ2) is 3.21. The molecule has 4 nitrogen and oxygen atoms in total. The summed E-state index contributed by atoms with van der Waals surface area (Å²) in [5.74, 6) is 0.105. The van der Waals surface area contributed by atoms with Crippen molar-refractivity contribution in [2.24, 2.45) is 0 Å². The van der Waals surface area contributed by atoms with Crippen molar-refractivity contribution >= 4 is 5.97 Å². The van der Waals surface area contributed by atoms with Gasteiger partial charge in [-0.05, 0) is 24.6 Å². The Morgan fingerprint density at radius 2 is 2.29 bits per heavy atom. The fourth-order valence-electron chi connectivity index (χ4n) is 1.30. The molecule has 1 aliphatic heterocycles. The molecule has 0 bridgehead atoms. The largest absolute Gasteiger partial charge is 0.485 e. The predicted octanol–water partition coefficient (Wildman–Crippen LogP) is 1.22. The molecule has 4 heteroatoms. The van der Waals surface area contributed by atoms with Gasteiger partial charge in [-0.3, -0.25) is 0 Å². The minimum atomic E-state index is -1.00. The standard InChI is InChI=1S/C10H10O4/c1-6-2-3-7-8(4-6)13-5-9(14-7)10(11)12/h2-4,9H,5H2,1H3,(H,11,12)/t9-/m1/s1. The summed E-state index contributed by atoms with van der Waals surface area (Å²) in [7, 11) is 0. The van der Waals surface area contributed by atoms with E-state index >= 15 is 0 Å². The highest BCUT2D eigenvalue weighted by atomic mass is 16.6. The highest BCUT2D eigenvalue weighted by Crippen LogP contribution is 2.32. The highest BCUT2D eigenvalue weighted by molar-refractivity contribution is 5.73. The van der Waals surface area contributed by atoms with E-state index in [1.807, 2.05) is 19.1 Å². The number of hydrogen-bond acceptors (Lipinski definition) is 3. The molecule has 74 valence electrons. The van der Waals surface area contributed by atoms with Crippen LogP contribution in [0.2, 0.25) is 0 Å². The number of carboxylic acids is 1. The van der Waals surface area contributed by atoms with E-state index < -0.39 is 12.1 Å². The lowest BCUT2D eigenvalue weighted by Crippen LogP contribution is -2.36. The number of aliphatic carboxylic acids is 1. The van der Waals surface area contributed by atoms with Crippen LogP contribution in [0.15, 0.2) is 18.2 Å². The number of carbonyl (C=O) groups is 1.